The molecule has 0 amide bonds. The summed E-state index contributed by atoms with van der Waals surface area (Å²) in [4.78, 5) is 0. The molecular formula is C4H9NO2. The fourth-order valence-corrected chi connectivity index (χ4v) is 0.666. The van der Waals surface area contributed by atoms with Gasteiger partial charge in [0.25, 0.3) is 0 Å². The normalized spacial score (nSPS) is 28.3. The number of rotatable bonds is 0. The summed E-state index contributed by atoms with van der Waals surface area (Å²) in [6, 6.07) is 0. The Kier molecular flexibility index (Phi) is 1.03. The van der Waals surface area contributed by atoms with Crippen molar-refractivity contribution in [3.8, 4) is 0 Å². The molecule has 0 atom stereocenters. The predicted octanol–water partition coefficient (Wildman–Crippen LogP) is -1.34. The molecule has 42 valence electrons. The average Bonchev–Trinajstić information content (AvgIpc) is 1.84. The Bertz CT molecular complexity index is 64.1. The Morgan fingerprint density at radius 1 is 1.43 bits per heavy atom. The van der Waals surface area contributed by atoms with Gasteiger partial charge < -0.3 is 15.5 Å². The summed E-state index contributed by atoms with van der Waals surface area (Å²) in [5.41, 5.74) is 0. The van der Waals surface area contributed by atoms with Crippen molar-refractivity contribution in [2.24, 2.45) is 0 Å². The van der Waals surface area contributed by atoms with Gasteiger partial charge in [0.1, 0.15) is 0 Å². The zero-order valence-corrected chi connectivity index (χ0v) is 4.02. The molecule has 1 heterocycles. The van der Waals surface area contributed by atoms with Crippen molar-refractivity contribution in [2.75, 3.05) is 13.1 Å². The van der Waals surface area contributed by atoms with E-state index in [9.17, 15) is 0 Å². The number of nitrogens with one attached hydrogen (secondary N) is 1. The molecule has 0 saturated carbocycles. The molecule has 1 rings (SSSR count). The van der Waals surface area contributed by atoms with Gasteiger partial charge in [0.05, 0.1) is 0 Å². The van der Waals surface area contributed by atoms with Gasteiger partial charge in [-0.25, -0.2) is 0 Å². The van der Waals surface area contributed by atoms with Crippen molar-refractivity contribution in [3.05, 3.63) is 0 Å². The molecule has 0 radical (unpaired) electrons. The maximum absolute atomic E-state index is 8.69. The molecule has 0 aromatic heterocycles. The molecule has 0 aliphatic carbocycles. The summed E-state index contributed by atoms with van der Waals surface area (Å²) in [7, 11) is 0. The molecular weight excluding hydrogens is 94.0 g/mol. The van der Waals surface area contributed by atoms with Gasteiger partial charge in [-0.1, -0.05) is 0 Å². The van der Waals surface area contributed by atoms with E-state index < -0.39 is 5.79 Å². The van der Waals surface area contributed by atoms with Gasteiger partial charge in [-0.15, -0.1) is 0 Å². The number of hydrogen-bond donors (Lipinski definition) is 3. The first-order chi connectivity index (χ1) is 3.21. The summed E-state index contributed by atoms with van der Waals surface area (Å²) in [6.07, 6.45) is 0.451. The zero-order chi connectivity index (χ0) is 5.33. The lowest BCUT2D eigenvalue weighted by atomic mass is 10.3. The Morgan fingerprint density at radius 2 is 2.14 bits per heavy atom. The minimum atomic E-state index is -1.42. The van der Waals surface area contributed by atoms with E-state index >= 15 is 0 Å². The maximum atomic E-state index is 8.69. The minimum absolute atomic E-state index is 0.312. The molecule has 3 heteroatoms. The molecule has 1 fully saturated rings. The highest BCUT2D eigenvalue weighted by Crippen LogP contribution is 2.07. The van der Waals surface area contributed by atoms with Gasteiger partial charge in [0.15, 0.2) is 5.79 Å². The van der Waals surface area contributed by atoms with E-state index in [0.29, 0.717) is 19.5 Å². The van der Waals surface area contributed by atoms with Crippen LogP contribution in [-0.2, 0) is 0 Å². The van der Waals surface area contributed by atoms with Crippen LogP contribution in [0.2, 0.25) is 0 Å². The molecule has 1 aliphatic heterocycles. The zero-order valence-electron chi connectivity index (χ0n) is 4.02. The van der Waals surface area contributed by atoms with Crippen molar-refractivity contribution >= 4 is 0 Å². The van der Waals surface area contributed by atoms with E-state index in [1.54, 1.807) is 0 Å². The van der Waals surface area contributed by atoms with E-state index in [-0.39, 0.29) is 0 Å². The van der Waals surface area contributed by atoms with Gasteiger partial charge in [-0.3, -0.25) is 0 Å². The molecule has 0 aromatic rings. The van der Waals surface area contributed by atoms with Crippen LogP contribution in [0.1, 0.15) is 6.42 Å². The van der Waals surface area contributed by atoms with Crippen molar-refractivity contribution < 1.29 is 10.2 Å². The second kappa shape index (κ2) is 1.43. The Hall–Kier alpha value is -0.120. The molecule has 0 spiro atoms. The molecule has 1 aliphatic rings. The molecule has 3 N–H and O–H groups in total. The summed E-state index contributed by atoms with van der Waals surface area (Å²) in [5, 5.41) is 20.2. The SMILES string of the molecule is OC1(O)CCNC1. The van der Waals surface area contributed by atoms with Crippen LogP contribution in [0.25, 0.3) is 0 Å². The summed E-state index contributed by atoms with van der Waals surface area (Å²) >= 11 is 0. The first-order valence-electron chi connectivity index (χ1n) is 2.36. The first kappa shape index (κ1) is 5.03. The predicted molar refractivity (Wildman–Crippen MR) is 24.7 cm³/mol. The lowest BCUT2D eigenvalue weighted by Gasteiger charge is -2.10. The van der Waals surface area contributed by atoms with Crippen molar-refractivity contribution in [2.45, 2.75) is 12.2 Å². The van der Waals surface area contributed by atoms with Crippen molar-refractivity contribution in [3.63, 3.8) is 0 Å². The van der Waals surface area contributed by atoms with Gasteiger partial charge >= 0.3 is 0 Å². The largest absolute Gasteiger partial charge is 0.365 e. The fourth-order valence-electron chi connectivity index (χ4n) is 0.666. The fraction of sp³-hybridized carbons (Fsp3) is 1.00. The van der Waals surface area contributed by atoms with Crippen LogP contribution < -0.4 is 5.32 Å². The third-order valence-corrected chi connectivity index (χ3v) is 1.11. The third-order valence-electron chi connectivity index (χ3n) is 1.11. The maximum Gasteiger partial charge on any atom is 0.176 e. The smallest absolute Gasteiger partial charge is 0.176 e. The van der Waals surface area contributed by atoms with Gasteiger partial charge in [-0.2, -0.15) is 0 Å². The van der Waals surface area contributed by atoms with Crippen LogP contribution in [0.4, 0.5) is 0 Å². The monoisotopic (exact) mass is 103 g/mol. The van der Waals surface area contributed by atoms with Crippen LogP contribution >= 0.6 is 0 Å². The topological polar surface area (TPSA) is 52.5 Å². The number of hydrogen-bond acceptors (Lipinski definition) is 3. The summed E-state index contributed by atoms with van der Waals surface area (Å²) in [6.45, 7) is 1.03. The Labute approximate surface area is 42.0 Å². The van der Waals surface area contributed by atoms with Gasteiger partial charge in [0, 0.05) is 19.5 Å². The molecule has 0 aromatic carbocycles. The summed E-state index contributed by atoms with van der Waals surface area (Å²) < 4.78 is 0. The van der Waals surface area contributed by atoms with E-state index in [2.05, 4.69) is 5.32 Å². The molecule has 1 saturated heterocycles. The van der Waals surface area contributed by atoms with Crippen molar-refractivity contribution in [1.82, 2.24) is 5.32 Å². The van der Waals surface area contributed by atoms with Crippen LogP contribution in [0.15, 0.2) is 0 Å². The second-order valence-electron chi connectivity index (χ2n) is 1.91. The highest BCUT2D eigenvalue weighted by Gasteiger charge is 2.26. The molecule has 0 unspecified atom stereocenters. The average molecular weight is 103 g/mol. The van der Waals surface area contributed by atoms with E-state index in [1.807, 2.05) is 0 Å². The Morgan fingerprint density at radius 3 is 2.29 bits per heavy atom. The third kappa shape index (κ3) is 1.12. The highest BCUT2D eigenvalue weighted by atomic mass is 16.5. The van der Waals surface area contributed by atoms with Crippen molar-refractivity contribution in [1.29, 1.82) is 0 Å². The number of aliphatic hydroxyl groups is 2. The molecule has 7 heavy (non-hydrogen) atoms. The van der Waals surface area contributed by atoms with Crippen LogP contribution in [0.5, 0.6) is 0 Å². The molecule has 0 bridgehead atoms. The van der Waals surface area contributed by atoms with Gasteiger partial charge in [0.2, 0.25) is 0 Å². The van der Waals surface area contributed by atoms with E-state index in [4.69, 9.17) is 10.2 Å². The Balaban J connectivity index is 2.40. The van der Waals surface area contributed by atoms with Crippen LogP contribution in [-0.4, -0.2) is 29.1 Å². The van der Waals surface area contributed by atoms with E-state index in [1.165, 1.54) is 0 Å². The lowest BCUT2D eigenvalue weighted by Crippen LogP contribution is -2.29. The standard InChI is InChI=1S/C4H9NO2/c6-4(7)1-2-5-3-4/h5-7H,1-3H2. The van der Waals surface area contributed by atoms with E-state index in [0.717, 1.165) is 0 Å². The molecule has 3 nitrogen and oxygen atoms in total. The quantitative estimate of drug-likeness (QED) is 0.333. The van der Waals surface area contributed by atoms with Gasteiger partial charge in [-0.05, 0) is 0 Å². The minimum Gasteiger partial charge on any atom is -0.365 e. The second-order valence-corrected chi connectivity index (χ2v) is 1.91. The number of β-amino-alcohol motifs (C(OH)–C–C–N with tert-alkyl or cyclic N) is 2. The highest BCUT2D eigenvalue weighted by molar-refractivity contribution is 4.75. The lowest BCUT2D eigenvalue weighted by molar-refractivity contribution is -0.141. The first-order valence-corrected chi connectivity index (χ1v) is 2.36. The summed E-state index contributed by atoms with van der Waals surface area (Å²) in [5.74, 6) is -1.42. The van der Waals surface area contributed by atoms with Crippen LogP contribution in [0, 0.1) is 0 Å². The van der Waals surface area contributed by atoms with Crippen LogP contribution in [0.3, 0.4) is 0 Å².